The SMILES string of the molecule is CC(C)CN1CCC(NC(=O)NC2CCCCCC2)CC1. The second-order valence-corrected chi connectivity index (χ2v) is 7.28. The van der Waals surface area contributed by atoms with Crippen LogP contribution in [0, 0.1) is 5.92 Å². The van der Waals surface area contributed by atoms with Gasteiger partial charge in [0.2, 0.25) is 0 Å². The summed E-state index contributed by atoms with van der Waals surface area (Å²) in [7, 11) is 0. The van der Waals surface area contributed by atoms with Crippen LogP contribution in [0.3, 0.4) is 0 Å². The van der Waals surface area contributed by atoms with Crippen molar-refractivity contribution in [3.05, 3.63) is 0 Å². The van der Waals surface area contributed by atoms with E-state index in [1.54, 1.807) is 0 Å². The standard InChI is InChI=1S/C17H33N3O/c1-14(2)13-20-11-9-16(10-12-20)19-17(21)18-15-7-5-3-4-6-8-15/h14-16H,3-13H2,1-2H3,(H2,18,19,21). The van der Waals surface area contributed by atoms with Gasteiger partial charge < -0.3 is 15.5 Å². The van der Waals surface area contributed by atoms with E-state index in [2.05, 4.69) is 29.4 Å². The van der Waals surface area contributed by atoms with Crippen molar-refractivity contribution in [2.45, 2.75) is 77.3 Å². The van der Waals surface area contributed by atoms with Gasteiger partial charge in [-0.1, -0.05) is 39.5 Å². The molecule has 122 valence electrons. The molecule has 1 aliphatic carbocycles. The average Bonchev–Trinajstić information content (AvgIpc) is 2.69. The van der Waals surface area contributed by atoms with E-state index in [4.69, 9.17) is 0 Å². The first-order valence-corrected chi connectivity index (χ1v) is 8.93. The van der Waals surface area contributed by atoms with Crippen molar-refractivity contribution in [3.63, 3.8) is 0 Å². The fourth-order valence-corrected chi connectivity index (χ4v) is 3.61. The first-order valence-electron chi connectivity index (χ1n) is 8.93. The lowest BCUT2D eigenvalue weighted by Crippen LogP contribution is -2.50. The van der Waals surface area contributed by atoms with Gasteiger partial charge in [0.1, 0.15) is 0 Å². The number of amides is 2. The summed E-state index contributed by atoms with van der Waals surface area (Å²) in [6, 6.07) is 0.817. The minimum atomic E-state index is 0.0595. The molecule has 1 saturated heterocycles. The highest BCUT2D eigenvalue weighted by molar-refractivity contribution is 5.74. The molecule has 1 saturated carbocycles. The van der Waals surface area contributed by atoms with Crippen LogP contribution < -0.4 is 10.6 Å². The first kappa shape index (κ1) is 16.6. The van der Waals surface area contributed by atoms with E-state index >= 15 is 0 Å². The Hall–Kier alpha value is -0.770. The van der Waals surface area contributed by atoms with Crippen LogP contribution >= 0.6 is 0 Å². The summed E-state index contributed by atoms with van der Waals surface area (Å²) in [5.74, 6) is 0.730. The van der Waals surface area contributed by atoms with Gasteiger partial charge in [-0.05, 0) is 31.6 Å². The third-order valence-electron chi connectivity index (χ3n) is 4.74. The van der Waals surface area contributed by atoms with Gasteiger partial charge in [-0.2, -0.15) is 0 Å². The lowest BCUT2D eigenvalue weighted by atomic mass is 10.0. The van der Waals surface area contributed by atoms with E-state index in [-0.39, 0.29) is 6.03 Å². The molecule has 2 aliphatic rings. The highest BCUT2D eigenvalue weighted by atomic mass is 16.2. The van der Waals surface area contributed by atoms with Crippen molar-refractivity contribution in [3.8, 4) is 0 Å². The molecule has 0 spiro atoms. The van der Waals surface area contributed by atoms with Crippen molar-refractivity contribution < 1.29 is 4.79 Å². The lowest BCUT2D eigenvalue weighted by molar-refractivity contribution is 0.177. The summed E-state index contributed by atoms with van der Waals surface area (Å²) in [5, 5.41) is 6.37. The molecule has 4 nitrogen and oxygen atoms in total. The second-order valence-electron chi connectivity index (χ2n) is 7.28. The van der Waals surface area contributed by atoms with Gasteiger partial charge in [0, 0.05) is 31.7 Å². The monoisotopic (exact) mass is 295 g/mol. The van der Waals surface area contributed by atoms with Gasteiger partial charge in [-0.25, -0.2) is 4.79 Å². The maximum absolute atomic E-state index is 12.1. The molecule has 0 aromatic heterocycles. The molecule has 0 bridgehead atoms. The van der Waals surface area contributed by atoms with Gasteiger partial charge in [0.25, 0.3) is 0 Å². The van der Waals surface area contributed by atoms with Crippen molar-refractivity contribution in [2.75, 3.05) is 19.6 Å². The number of carbonyl (C=O) groups is 1. The van der Waals surface area contributed by atoms with Crippen molar-refractivity contribution in [1.29, 1.82) is 0 Å². The Morgan fingerprint density at radius 1 is 0.952 bits per heavy atom. The molecular weight excluding hydrogens is 262 g/mol. The van der Waals surface area contributed by atoms with Crippen LogP contribution in [-0.4, -0.2) is 42.6 Å². The number of nitrogens with zero attached hydrogens (tertiary/aromatic N) is 1. The van der Waals surface area contributed by atoms with Crippen LogP contribution in [0.15, 0.2) is 0 Å². The van der Waals surface area contributed by atoms with Gasteiger partial charge in [0.15, 0.2) is 0 Å². The zero-order chi connectivity index (χ0) is 15.1. The minimum absolute atomic E-state index is 0.0595. The molecule has 1 aliphatic heterocycles. The van der Waals surface area contributed by atoms with E-state index in [1.165, 1.54) is 32.2 Å². The first-order chi connectivity index (χ1) is 10.1. The molecule has 0 unspecified atom stereocenters. The fraction of sp³-hybridized carbons (Fsp3) is 0.941. The zero-order valence-corrected chi connectivity index (χ0v) is 13.9. The fourth-order valence-electron chi connectivity index (χ4n) is 3.61. The number of urea groups is 1. The van der Waals surface area contributed by atoms with Gasteiger partial charge in [-0.15, -0.1) is 0 Å². The Bertz CT molecular complexity index is 303. The highest BCUT2D eigenvalue weighted by Crippen LogP contribution is 2.17. The topological polar surface area (TPSA) is 44.4 Å². The Balaban J connectivity index is 1.64. The highest BCUT2D eigenvalue weighted by Gasteiger charge is 2.22. The molecule has 21 heavy (non-hydrogen) atoms. The van der Waals surface area contributed by atoms with Gasteiger partial charge in [0.05, 0.1) is 0 Å². The zero-order valence-electron chi connectivity index (χ0n) is 13.9. The molecule has 4 heteroatoms. The maximum Gasteiger partial charge on any atom is 0.315 e. The maximum atomic E-state index is 12.1. The molecule has 0 radical (unpaired) electrons. The summed E-state index contributed by atoms with van der Waals surface area (Å²) in [6.45, 7) is 7.95. The van der Waals surface area contributed by atoms with Crippen LogP contribution in [0.2, 0.25) is 0 Å². The van der Waals surface area contributed by atoms with Crippen molar-refractivity contribution in [1.82, 2.24) is 15.5 Å². The Morgan fingerprint density at radius 2 is 1.48 bits per heavy atom. The van der Waals surface area contributed by atoms with E-state index < -0.39 is 0 Å². The van der Waals surface area contributed by atoms with Crippen LogP contribution in [0.1, 0.15) is 65.2 Å². The van der Waals surface area contributed by atoms with Gasteiger partial charge in [-0.3, -0.25) is 0 Å². The van der Waals surface area contributed by atoms with Crippen molar-refractivity contribution >= 4 is 6.03 Å². The van der Waals surface area contributed by atoms with Crippen molar-refractivity contribution in [2.24, 2.45) is 5.92 Å². The number of carbonyl (C=O) groups excluding carboxylic acids is 1. The summed E-state index contributed by atoms with van der Waals surface area (Å²) in [6.07, 6.45) is 9.66. The number of hydrogen-bond acceptors (Lipinski definition) is 2. The van der Waals surface area contributed by atoms with Crippen LogP contribution in [0.25, 0.3) is 0 Å². The average molecular weight is 295 g/mol. The van der Waals surface area contributed by atoms with E-state index in [0.717, 1.165) is 44.7 Å². The normalized spacial score (nSPS) is 23.0. The minimum Gasteiger partial charge on any atom is -0.335 e. The molecule has 0 atom stereocenters. The molecule has 0 aromatic rings. The number of rotatable bonds is 4. The summed E-state index contributed by atoms with van der Waals surface area (Å²) >= 11 is 0. The van der Waals surface area contributed by atoms with Crippen LogP contribution in [0.5, 0.6) is 0 Å². The summed E-state index contributed by atoms with van der Waals surface area (Å²) < 4.78 is 0. The molecule has 2 fully saturated rings. The summed E-state index contributed by atoms with van der Waals surface area (Å²) in [5.41, 5.74) is 0. The van der Waals surface area contributed by atoms with Crippen LogP contribution in [0.4, 0.5) is 4.79 Å². The quantitative estimate of drug-likeness (QED) is 0.783. The molecule has 2 amide bonds. The third kappa shape index (κ3) is 6.25. The number of piperidine rings is 1. The number of nitrogens with one attached hydrogen (secondary N) is 2. The second kappa shape index (κ2) is 8.62. The number of hydrogen-bond donors (Lipinski definition) is 2. The molecule has 0 aromatic carbocycles. The molecule has 2 N–H and O–H groups in total. The number of likely N-dealkylation sites (tertiary alicyclic amines) is 1. The van der Waals surface area contributed by atoms with Crippen LogP contribution in [-0.2, 0) is 0 Å². The largest absolute Gasteiger partial charge is 0.335 e. The Kier molecular flexibility index (Phi) is 6.81. The smallest absolute Gasteiger partial charge is 0.315 e. The Labute approximate surface area is 130 Å². The van der Waals surface area contributed by atoms with E-state index in [9.17, 15) is 4.79 Å². The van der Waals surface area contributed by atoms with E-state index in [1.807, 2.05) is 0 Å². The molecular formula is C17H33N3O. The molecule has 2 rings (SSSR count). The predicted molar refractivity (Wildman–Crippen MR) is 87.5 cm³/mol. The predicted octanol–water partition coefficient (Wildman–Crippen LogP) is 3.13. The Morgan fingerprint density at radius 3 is 2.00 bits per heavy atom. The molecule has 1 heterocycles. The third-order valence-corrected chi connectivity index (χ3v) is 4.74. The lowest BCUT2D eigenvalue weighted by Gasteiger charge is -2.33. The summed E-state index contributed by atoms with van der Waals surface area (Å²) in [4.78, 5) is 14.6. The van der Waals surface area contributed by atoms with E-state index in [0.29, 0.717) is 12.1 Å². The van der Waals surface area contributed by atoms with Gasteiger partial charge >= 0.3 is 6.03 Å².